The van der Waals surface area contributed by atoms with Gasteiger partial charge in [0, 0.05) is 30.2 Å². The van der Waals surface area contributed by atoms with Crippen LogP contribution in [0.2, 0.25) is 0 Å². The molecular formula is C16H22ClN3O. The maximum absolute atomic E-state index is 12.2. The number of halogens is 1. The number of rotatable bonds is 4. The predicted molar refractivity (Wildman–Crippen MR) is 87.9 cm³/mol. The van der Waals surface area contributed by atoms with Gasteiger partial charge in [-0.25, -0.2) is 0 Å². The normalized spacial score (nSPS) is 21.2. The monoisotopic (exact) mass is 307 g/mol. The molecule has 1 amide bonds. The molecule has 21 heavy (non-hydrogen) atoms. The molecule has 4 nitrogen and oxygen atoms in total. The first-order valence-electron chi connectivity index (χ1n) is 7.23. The minimum atomic E-state index is -0.236. The van der Waals surface area contributed by atoms with Gasteiger partial charge in [-0.15, -0.1) is 12.4 Å². The molecule has 1 atom stereocenters. The fraction of sp³-hybridized carbons (Fsp3) is 0.438. The van der Waals surface area contributed by atoms with Crippen LogP contribution >= 0.6 is 12.4 Å². The summed E-state index contributed by atoms with van der Waals surface area (Å²) in [7, 11) is 0. The zero-order valence-electron chi connectivity index (χ0n) is 12.2. The lowest BCUT2D eigenvalue weighted by Gasteiger charge is -2.21. The molecule has 2 heterocycles. The van der Waals surface area contributed by atoms with Gasteiger partial charge in [-0.3, -0.25) is 4.79 Å². The average molecular weight is 308 g/mol. The van der Waals surface area contributed by atoms with E-state index in [4.69, 9.17) is 0 Å². The van der Waals surface area contributed by atoms with Gasteiger partial charge < -0.3 is 15.6 Å². The molecule has 0 bridgehead atoms. The Morgan fingerprint density at radius 3 is 2.95 bits per heavy atom. The molecule has 3 N–H and O–H groups in total. The van der Waals surface area contributed by atoms with Gasteiger partial charge in [0.2, 0.25) is 5.91 Å². The summed E-state index contributed by atoms with van der Waals surface area (Å²) in [6.45, 7) is 4.45. The number of aromatic nitrogens is 1. The molecule has 0 aliphatic carbocycles. The van der Waals surface area contributed by atoms with Crippen LogP contribution in [0.5, 0.6) is 0 Å². The van der Waals surface area contributed by atoms with Gasteiger partial charge in [-0.2, -0.15) is 0 Å². The maximum Gasteiger partial charge on any atom is 0.227 e. The summed E-state index contributed by atoms with van der Waals surface area (Å²) in [6.07, 6.45) is 3.82. The van der Waals surface area contributed by atoms with Crippen molar-refractivity contribution in [3.63, 3.8) is 0 Å². The standard InChI is InChI=1S/C16H21N3O.ClH/c1-16(7-9-17-11-16)15(20)18-8-6-12-10-19-14-5-3-2-4-13(12)14;/h2-5,10,17,19H,6-9,11H2,1H3,(H,18,20);1H. The smallest absolute Gasteiger partial charge is 0.227 e. The molecule has 3 rings (SSSR count). The molecule has 2 aromatic rings. The fourth-order valence-corrected chi connectivity index (χ4v) is 2.87. The molecule has 0 radical (unpaired) electrons. The summed E-state index contributed by atoms with van der Waals surface area (Å²) in [5.74, 6) is 0.169. The highest BCUT2D eigenvalue weighted by atomic mass is 35.5. The second-order valence-electron chi connectivity index (χ2n) is 5.85. The van der Waals surface area contributed by atoms with E-state index in [0.717, 1.165) is 31.4 Å². The van der Waals surface area contributed by atoms with Crippen molar-refractivity contribution in [3.05, 3.63) is 36.0 Å². The topological polar surface area (TPSA) is 56.9 Å². The van der Waals surface area contributed by atoms with Gasteiger partial charge in [0.1, 0.15) is 0 Å². The highest BCUT2D eigenvalue weighted by Gasteiger charge is 2.35. The van der Waals surface area contributed by atoms with Crippen LogP contribution in [-0.2, 0) is 11.2 Å². The molecule has 5 heteroatoms. The Kier molecular flexibility index (Phi) is 4.91. The number of fused-ring (bicyclic) bond motifs is 1. The molecule has 0 saturated carbocycles. The summed E-state index contributed by atoms with van der Waals surface area (Å²) >= 11 is 0. The molecule has 1 unspecified atom stereocenters. The van der Waals surface area contributed by atoms with Gasteiger partial charge >= 0.3 is 0 Å². The third-order valence-electron chi connectivity index (χ3n) is 4.27. The molecule has 1 saturated heterocycles. The zero-order valence-corrected chi connectivity index (χ0v) is 13.1. The van der Waals surface area contributed by atoms with Crippen molar-refractivity contribution in [2.45, 2.75) is 19.8 Å². The molecule has 1 aromatic carbocycles. The number of H-pyrrole nitrogens is 1. The number of benzene rings is 1. The predicted octanol–water partition coefficient (Wildman–Crippen LogP) is 2.25. The number of nitrogens with one attached hydrogen (secondary N) is 3. The van der Waals surface area contributed by atoms with E-state index >= 15 is 0 Å². The van der Waals surface area contributed by atoms with Crippen molar-refractivity contribution in [2.75, 3.05) is 19.6 Å². The first kappa shape index (κ1) is 15.9. The Labute approximate surface area is 131 Å². The number of hydrogen-bond acceptors (Lipinski definition) is 2. The second-order valence-corrected chi connectivity index (χ2v) is 5.85. The van der Waals surface area contributed by atoms with Crippen LogP contribution in [-0.4, -0.2) is 30.5 Å². The quantitative estimate of drug-likeness (QED) is 0.811. The van der Waals surface area contributed by atoms with Crippen LogP contribution in [0.4, 0.5) is 0 Å². The van der Waals surface area contributed by atoms with Gasteiger partial charge in [-0.1, -0.05) is 18.2 Å². The van der Waals surface area contributed by atoms with Crippen molar-refractivity contribution >= 4 is 29.2 Å². The van der Waals surface area contributed by atoms with Crippen LogP contribution in [0.15, 0.2) is 30.5 Å². The van der Waals surface area contributed by atoms with Crippen LogP contribution in [0, 0.1) is 5.41 Å². The third kappa shape index (κ3) is 3.22. The summed E-state index contributed by atoms with van der Waals surface area (Å²) in [5.41, 5.74) is 2.18. The second kappa shape index (κ2) is 6.50. The van der Waals surface area contributed by atoms with E-state index < -0.39 is 0 Å². The van der Waals surface area contributed by atoms with Crippen LogP contribution in [0.1, 0.15) is 18.9 Å². The van der Waals surface area contributed by atoms with E-state index in [1.54, 1.807) is 0 Å². The van der Waals surface area contributed by atoms with Crippen molar-refractivity contribution in [3.8, 4) is 0 Å². The minimum absolute atomic E-state index is 0. The number of amides is 1. The molecule has 1 aromatic heterocycles. The SMILES string of the molecule is CC1(C(=O)NCCc2c[nH]c3ccccc23)CCNC1.Cl. The van der Waals surface area contributed by atoms with Crippen molar-refractivity contribution in [2.24, 2.45) is 5.41 Å². The van der Waals surface area contributed by atoms with Gasteiger partial charge in [0.05, 0.1) is 5.41 Å². The lowest BCUT2D eigenvalue weighted by Crippen LogP contribution is -2.41. The summed E-state index contributed by atoms with van der Waals surface area (Å²) in [5, 5.41) is 7.58. The number of carbonyl (C=O) groups is 1. The van der Waals surface area contributed by atoms with E-state index in [1.165, 1.54) is 10.9 Å². The largest absolute Gasteiger partial charge is 0.361 e. The minimum Gasteiger partial charge on any atom is -0.361 e. The summed E-state index contributed by atoms with van der Waals surface area (Å²) < 4.78 is 0. The number of carbonyl (C=O) groups excluding carboxylic acids is 1. The molecule has 1 aliphatic rings. The van der Waals surface area contributed by atoms with E-state index in [9.17, 15) is 4.79 Å². The Morgan fingerprint density at radius 1 is 1.38 bits per heavy atom. The first-order valence-corrected chi connectivity index (χ1v) is 7.23. The zero-order chi connectivity index (χ0) is 14.0. The van der Waals surface area contributed by atoms with Gasteiger partial charge in [0.15, 0.2) is 0 Å². The Bertz CT molecular complexity index is 617. The molecule has 114 valence electrons. The van der Waals surface area contributed by atoms with E-state index in [0.29, 0.717) is 6.54 Å². The highest BCUT2D eigenvalue weighted by molar-refractivity contribution is 5.85. The number of hydrogen-bond donors (Lipinski definition) is 3. The van der Waals surface area contributed by atoms with Gasteiger partial charge in [-0.05, 0) is 37.9 Å². The molecule has 1 aliphatic heterocycles. The van der Waals surface area contributed by atoms with Crippen LogP contribution < -0.4 is 10.6 Å². The molecule has 1 fully saturated rings. The lowest BCUT2D eigenvalue weighted by atomic mass is 9.89. The summed E-state index contributed by atoms with van der Waals surface area (Å²) in [4.78, 5) is 15.5. The van der Waals surface area contributed by atoms with Crippen LogP contribution in [0.3, 0.4) is 0 Å². The highest BCUT2D eigenvalue weighted by Crippen LogP contribution is 2.24. The van der Waals surface area contributed by atoms with Crippen LogP contribution in [0.25, 0.3) is 10.9 Å². The Morgan fingerprint density at radius 2 is 2.19 bits per heavy atom. The van der Waals surface area contributed by atoms with E-state index in [1.807, 2.05) is 25.3 Å². The first-order chi connectivity index (χ1) is 9.69. The third-order valence-corrected chi connectivity index (χ3v) is 4.27. The van der Waals surface area contributed by atoms with Crippen molar-refractivity contribution in [1.82, 2.24) is 15.6 Å². The van der Waals surface area contributed by atoms with Crippen molar-refractivity contribution < 1.29 is 4.79 Å². The van der Waals surface area contributed by atoms with Gasteiger partial charge in [0.25, 0.3) is 0 Å². The lowest BCUT2D eigenvalue weighted by molar-refractivity contribution is -0.129. The van der Waals surface area contributed by atoms with Crippen molar-refractivity contribution in [1.29, 1.82) is 0 Å². The maximum atomic E-state index is 12.2. The Hall–Kier alpha value is -1.52. The summed E-state index contributed by atoms with van der Waals surface area (Å²) in [6, 6.07) is 8.26. The number of aromatic amines is 1. The number of para-hydroxylation sites is 1. The fourth-order valence-electron chi connectivity index (χ4n) is 2.87. The molecular weight excluding hydrogens is 286 g/mol. The van der Waals surface area contributed by atoms with E-state index in [-0.39, 0.29) is 23.7 Å². The van der Waals surface area contributed by atoms with E-state index in [2.05, 4.69) is 27.8 Å². The average Bonchev–Trinajstić information content (AvgIpc) is 3.07. The molecule has 0 spiro atoms. The Balaban J connectivity index is 0.00000161.